The molecule has 0 radical (unpaired) electrons. The Morgan fingerprint density at radius 2 is 1.02 bits per heavy atom. The fourth-order valence-corrected chi connectivity index (χ4v) is 6.08. The number of aliphatic carboxylic acids is 1. The summed E-state index contributed by atoms with van der Waals surface area (Å²) in [6.45, 7) is 2.70. The number of carbonyl (C=O) groups excluding carboxylic acids is 2. The van der Waals surface area contributed by atoms with Crippen molar-refractivity contribution in [2.45, 2.75) is 180 Å². The van der Waals surface area contributed by atoms with Crippen molar-refractivity contribution in [3.63, 3.8) is 0 Å². The Kier molecular flexibility index (Phi) is 35.6. The third kappa shape index (κ3) is 36.4. The van der Waals surface area contributed by atoms with Gasteiger partial charge in [-0.25, -0.2) is 4.57 Å². The standard InChI is InChI=1S/C42H74NO10P/c1-3-5-7-9-11-13-15-17-18-19-20-22-24-26-28-30-32-34-41(45)53-38(36-51-54(48,49)52-37-39(43)42(46)47)35-50-40(44)33-31-29-27-25-23-21-16-14-12-10-8-6-4-2/h13,15,18-19,22,24,28,30,38-39H,3-12,14,16-17,20-21,23,25-27,29,31-37,43H2,1-2H3,(H,46,47)(H,48,49)/b15-13-,19-18-,24-22-,30-28-. The van der Waals surface area contributed by atoms with Crippen LogP contribution in [0, 0.1) is 0 Å². The van der Waals surface area contributed by atoms with Crippen LogP contribution in [0.2, 0.25) is 0 Å². The van der Waals surface area contributed by atoms with Gasteiger partial charge in [-0.15, -0.1) is 0 Å². The summed E-state index contributed by atoms with van der Waals surface area (Å²) in [7, 11) is -4.73. The molecular formula is C42H74NO10P. The maximum atomic E-state index is 12.6. The number of carboxylic acids is 1. The largest absolute Gasteiger partial charge is 0.480 e. The van der Waals surface area contributed by atoms with Crippen molar-refractivity contribution in [2.75, 3.05) is 19.8 Å². The van der Waals surface area contributed by atoms with Crippen LogP contribution >= 0.6 is 7.82 Å². The van der Waals surface area contributed by atoms with Gasteiger partial charge >= 0.3 is 25.7 Å². The summed E-state index contributed by atoms with van der Waals surface area (Å²) in [5.41, 5.74) is 5.32. The molecule has 11 nitrogen and oxygen atoms in total. The van der Waals surface area contributed by atoms with E-state index < -0.39 is 51.1 Å². The summed E-state index contributed by atoms with van der Waals surface area (Å²) in [4.78, 5) is 45.8. The second-order valence-corrected chi connectivity index (χ2v) is 15.2. The number of carboxylic acid groups (broad SMARTS) is 1. The number of ether oxygens (including phenoxy) is 2. The molecule has 0 aromatic heterocycles. The van der Waals surface area contributed by atoms with E-state index in [1.807, 2.05) is 12.2 Å². The van der Waals surface area contributed by atoms with Gasteiger partial charge in [-0.05, 0) is 44.9 Å². The molecule has 0 aliphatic heterocycles. The van der Waals surface area contributed by atoms with E-state index in [1.54, 1.807) is 0 Å². The number of nitrogens with two attached hydrogens (primary N) is 1. The molecular weight excluding hydrogens is 709 g/mol. The van der Waals surface area contributed by atoms with E-state index >= 15 is 0 Å². The average molecular weight is 784 g/mol. The normalized spacial score (nSPS) is 14.3. The smallest absolute Gasteiger partial charge is 0.472 e. The van der Waals surface area contributed by atoms with Crippen molar-refractivity contribution < 1.29 is 47.5 Å². The molecule has 4 N–H and O–H groups in total. The minimum atomic E-state index is -4.73. The molecule has 0 aromatic rings. The lowest BCUT2D eigenvalue weighted by molar-refractivity contribution is -0.161. The Morgan fingerprint density at radius 3 is 1.54 bits per heavy atom. The van der Waals surface area contributed by atoms with Crippen molar-refractivity contribution in [3.8, 4) is 0 Å². The van der Waals surface area contributed by atoms with Crippen LogP contribution in [-0.4, -0.2) is 59.9 Å². The average Bonchev–Trinajstić information content (AvgIpc) is 3.14. The third-order valence-corrected chi connectivity index (χ3v) is 9.54. The molecule has 3 atom stereocenters. The number of hydrogen-bond donors (Lipinski definition) is 3. The molecule has 0 fully saturated rings. The summed E-state index contributed by atoms with van der Waals surface area (Å²) in [5.74, 6) is -2.48. The number of carbonyl (C=O) groups is 3. The molecule has 3 unspecified atom stereocenters. The van der Waals surface area contributed by atoms with Gasteiger partial charge in [-0.1, -0.05) is 159 Å². The Hall–Kier alpha value is -2.56. The molecule has 0 spiro atoms. The van der Waals surface area contributed by atoms with Crippen molar-refractivity contribution in [1.29, 1.82) is 0 Å². The van der Waals surface area contributed by atoms with E-state index in [1.165, 1.54) is 83.5 Å². The fourth-order valence-electron chi connectivity index (χ4n) is 5.31. The first-order valence-corrected chi connectivity index (χ1v) is 22.2. The zero-order valence-corrected chi connectivity index (χ0v) is 34.4. The lowest BCUT2D eigenvalue weighted by atomic mass is 10.0. The number of esters is 2. The van der Waals surface area contributed by atoms with E-state index in [2.05, 4.69) is 54.8 Å². The van der Waals surface area contributed by atoms with Crippen LogP contribution in [0.3, 0.4) is 0 Å². The summed E-state index contributed by atoms with van der Waals surface area (Å²) >= 11 is 0. The molecule has 0 aromatic carbocycles. The lowest BCUT2D eigenvalue weighted by Crippen LogP contribution is -2.34. The highest BCUT2D eigenvalue weighted by Crippen LogP contribution is 2.43. The van der Waals surface area contributed by atoms with Crippen LogP contribution in [0.25, 0.3) is 0 Å². The number of phosphoric ester groups is 1. The van der Waals surface area contributed by atoms with Gasteiger partial charge in [0.25, 0.3) is 0 Å². The Balaban J connectivity index is 4.52. The predicted molar refractivity (Wildman–Crippen MR) is 217 cm³/mol. The Bertz CT molecular complexity index is 1110. The van der Waals surface area contributed by atoms with Crippen LogP contribution in [0.1, 0.15) is 168 Å². The molecule has 0 saturated carbocycles. The second kappa shape index (κ2) is 37.4. The van der Waals surface area contributed by atoms with E-state index in [-0.39, 0.29) is 19.4 Å². The highest BCUT2D eigenvalue weighted by molar-refractivity contribution is 7.47. The molecule has 0 saturated heterocycles. The number of allylic oxidation sites excluding steroid dienone is 8. The molecule has 54 heavy (non-hydrogen) atoms. The maximum absolute atomic E-state index is 12.6. The first kappa shape index (κ1) is 51.4. The van der Waals surface area contributed by atoms with Gasteiger partial charge in [-0.2, -0.15) is 0 Å². The Labute approximate surface area is 326 Å². The van der Waals surface area contributed by atoms with Crippen LogP contribution < -0.4 is 5.73 Å². The fraction of sp³-hybridized carbons (Fsp3) is 0.738. The number of phosphoric acid groups is 1. The van der Waals surface area contributed by atoms with Crippen molar-refractivity contribution >= 4 is 25.7 Å². The molecule has 12 heteroatoms. The van der Waals surface area contributed by atoms with Crippen LogP contribution in [0.5, 0.6) is 0 Å². The van der Waals surface area contributed by atoms with Gasteiger partial charge in [0, 0.05) is 12.8 Å². The van der Waals surface area contributed by atoms with Crippen LogP contribution in [-0.2, 0) is 37.5 Å². The van der Waals surface area contributed by atoms with Crippen LogP contribution in [0.4, 0.5) is 0 Å². The highest BCUT2D eigenvalue weighted by atomic mass is 31.2. The monoisotopic (exact) mass is 784 g/mol. The van der Waals surface area contributed by atoms with E-state index in [9.17, 15) is 23.8 Å². The number of unbranched alkanes of at least 4 members (excludes halogenated alkanes) is 16. The van der Waals surface area contributed by atoms with Gasteiger partial charge < -0.3 is 25.2 Å². The minimum absolute atomic E-state index is 0.0409. The predicted octanol–water partition coefficient (Wildman–Crippen LogP) is 10.6. The van der Waals surface area contributed by atoms with E-state index in [0.29, 0.717) is 12.8 Å². The molecule has 0 bridgehead atoms. The van der Waals surface area contributed by atoms with Crippen molar-refractivity contribution in [2.24, 2.45) is 5.73 Å². The quantitative estimate of drug-likeness (QED) is 0.0235. The topological polar surface area (TPSA) is 172 Å². The summed E-state index contributed by atoms with van der Waals surface area (Å²) in [5, 5.41) is 8.87. The van der Waals surface area contributed by atoms with Gasteiger partial charge in [0.2, 0.25) is 0 Å². The van der Waals surface area contributed by atoms with Crippen LogP contribution in [0.15, 0.2) is 48.6 Å². The van der Waals surface area contributed by atoms with E-state index in [0.717, 1.165) is 44.9 Å². The molecule has 0 amide bonds. The molecule has 0 aliphatic carbocycles. The minimum Gasteiger partial charge on any atom is -0.480 e. The van der Waals surface area contributed by atoms with Gasteiger partial charge in [0.05, 0.1) is 13.2 Å². The third-order valence-electron chi connectivity index (χ3n) is 8.59. The number of hydrogen-bond acceptors (Lipinski definition) is 9. The highest BCUT2D eigenvalue weighted by Gasteiger charge is 2.28. The van der Waals surface area contributed by atoms with Crippen molar-refractivity contribution in [1.82, 2.24) is 0 Å². The Morgan fingerprint density at radius 1 is 0.574 bits per heavy atom. The van der Waals surface area contributed by atoms with E-state index in [4.69, 9.17) is 24.8 Å². The molecule has 312 valence electrons. The van der Waals surface area contributed by atoms with Gasteiger partial charge in [0.15, 0.2) is 6.10 Å². The first-order valence-electron chi connectivity index (χ1n) is 20.7. The SMILES string of the molecule is CCCCCC/C=C\C/C=C\C/C=C\C/C=C\CCC(=O)OC(COC(=O)CCCCCCCCCCCCCCC)COP(=O)(O)OCC(N)C(=O)O. The molecule has 0 aliphatic rings. The first-order chi connectivity index (χ1) is 26.1. The van der Waals surface area contributed by atoms with Gasteiger partial charge in [0.1, 0.15) is 12.6 Å². The summed E-state index contributed by atoms with van der Waals surface area (Å²) in [6.07, 6.45) is 40.5. The van der Waals surface area contributed by atoms with Gasteiger partial charge in [-0.3, -0.25) is 23.4 Å². The molecule has 0 rings (SSSR count). The molecule has 0 heterocycles. The van der Waals surface area contributed by atoms with Crippen molar-refractivity contribution in [3.05, 3.63) is 48.6 Å². The lowest BCUT2D eigenvalue weighted by Gasteiger charge is -2.20. The second-order valence-electron chi connectivity index (χ2n) is 13.8. The maximum Gasteiger partial charge on any atom is 0.472 e. The summed E-state index contributed by atoms with van der Waals surface area (Å²) < 4.78 is 32.5. The zero-order chi connectivity index (χ0) is 40.0. The summed E-state index contributed by atoms with van der Waals surface area (Å²) in [6, 6.07) is -1.53. The zero-order valence-electron chi connectivity index (χ0n) is 33.6. The number of rotatable bonds is 38.